The van der Waals surface area contributed by atoms with Gasteiger partial charge in [0.1, 0.15) is 11.5 Å². The average molecular weight is 396 g/mol. The number of rotatable bonds is 6. The Morgan fingerprint density at radius 3 is 2.10 bits per heavy atom. The number of hydrogen-bond acceptors (Lipinski definition) is 4. The first-order valence-corrected chi connectivity index (χ1v) is 9.96. The van der Waals surface area contributed by atoms with Crippen molar-refractivity contribution in [2.24, 2.45) is 5.92 Å². The minimum Gasteiger partial charge on any atom is -0.497 e. The number of carbonyl (C=O) groups excluding carboxylic acids is 2. The third kappa shape index (κ3) is 5.08. The number of amides is 2. The van der Waals surface area contributed by atoms with Crippen LogP contribution in [0.5, 0.6) is 11.5 Å². The van der Waals surface area contributed by atoms with Gasteiger partial charge in [0.25, 0.3) is 5.91 Å². The van der Waals surface area contributed by atoms with Gasteiger partial charge >= 0.3 is 0 Å². The maximum absolute atomic E-state index is 12.9. The number of methoxy groups -OCH3 is 2. The van der Waals surface area contributed by atoms with E-state index in [-0.39, 0.29) is 17.7 Å². The first-order chi connectivity index (χ1) is 14.0. The van der Waals surface area contributed by atoms with Crippen molar-refractivity contribution in [3.8, 4) is 11.5 Å². The highest BCUT2D eigenvalue weighted by atomic mass is 16.5. The van der Waals surface area contributed by atoms with Crippen molar-refractivity contribution in [2.45, 2.75) is 26.2 Å². The van der Waals surface area contributed by atoms with Crippen molar-refractivity contribution in [1.29, 1.82) is 0 Å². The number of ether oxygens (including phenoxy) is 2. The van der Waals surface area contributed by atoms with Gasteiger partial charge in [0.05, 0.1) is 14.2 Å². The van der Waals surface area contributed by atoms with Crippen LogP contribution >= 0.6 is 0 Å². The molecule has 1 aliphatic rings. The molecular formula is C23H28N2O4. The Bertz CT molecular complexity index is 833. The molecule has 2 amide bonds. The van der Waals surface area contributed by atoms with Gasteiger partial charge in [0, 0.05) is 36.3 Å². The summed E-state index contributed by atoms with van der Waals surface area (Å²) < 4.78 is 10.5. The van der Waals surface area contributed by atoms with E-state index in [1.165, 1.54) is 5.56 Å². The molecule has 1 saturated heterocycles. The monoisotopic (exact) mass is 396 g/mol. The number of piperidine rings is 1. The summed E-state index contributed by atoms with van der Waals surface area (Å²) in [7, 11) is 3.12. The molecule has 6 heteroatoms. The topological polar surface area (TPSA) is 67.9 Å². The van der Waals surface area contributed by atoms with E-state index in [1.807, 2.05) is 24.3 Å². The molecular weight excluding hydrogens is 368 g/mol. The second-order valence-corrected chi connectivity index (χ2v) is 7.21. The van der Waals surface area contributed by atoms with E-state index in [4.69, 9.17) is 9.47 Å². The Kier molecular flexibility index (Phi) is 6.75. The third-order valence-electron chi connectivity index (χ3n) is 5.38. The zero-order chi connectivity index (χ0) is 20.8. The normalized spacial score (nSPS) is 14.4. The van der Waals surface area contributed by atoms with E-state index in [0.717, 1.165) is 12.1 Å². The molecule has 0 bridgehead atoms. The average Bonchev–Trinajstić information content (AvgIpc) is 2.78. The van der Waals surface area contributed by atoms with Crippen LogP contribution in [0.2, 0.25) is 0 Å². The Labute approximate surface area is 171 Å². The lowest BCUT2D eigenvalue weighted by Gasteiger charge is -2.31. The molecule has 2 aromatic carbocycles. The summed E-state index contributed by atoms with van der Waals surface area (Å²) in [5.74, 6) is 1.01. The molecule has 1 aliphatic heterocycles. The molecule has 1 heterocycles. The number of nitrogens with zero attached hydrogens (tertiary/aromatic N) is 1. The predicted octanol–water partition coefficient (Wildman–Crippen LogP) is 3.76. The van der Waals surface area contributed by atoms with Crippen molar-refractivity contribution in [1.82, 2.24) is 4.90 Å². The smallest absolute Gasteiger partial charge is 0.254 e. The SMILES string of the molecule is CCc1ccc(NC(=O)C2CCN(C(=O)c3cc(OC)cc(OC)c3)CC2)cc1. The van der Waals surface area contributed by atoms with Gasteiger partial charge in [-0.1, -0.05) is 19.1 Å². The van der Waals surface area contributed by atoms with Gasteiger partial charge < -0.3 is 19.7 Å². The molecule has 0 unspecified atom stereocenters. The quantitative estimate of drug-likeness (QED) is 0.807. The fraction of sp³-hybridized carbons (Fsp3) is 0.391. The zero-order valence-electron chi connectivity index (χ0n) is 17.2. The summed E-state index contributed by atoms with van der Waals surface area (Å²) in [6, 6.07) is 13.1. The molecule has 3 rings (SSSR count). The second kappa shape index (κ2) is 9.45. The van der Waals surface area contributed by atoms with Crippen LogP contribution in [0.25, 0.3) is 0 Å². The molecule has 154 valence electrons. The van der Waals surface area contributed by atoms with Gasteiger partial charge in [0.15, 0.2) is 0 Å². The van der Waals surface area contributed by atoms with Crippen molar-refractivity contribution in [2.75, 3.05) is 32.6 Å². The summed E-state index contributed by atoms with van der Waals surface area (Å²) in [4.78, 5) is 27.3. The highest BCUT2D eigenvalue weighted by molar-refractivity contribution is 5.96. The maximum Gasteiger partial charge on any atom is 0.254 e. The van der Waals surface area contributed by atoms with E-state index in [1.54, 1.807) is 37.3 Å². The van der Waals surface area contributed by atoms with Gasteiger partial charge in [0.2, 0.25) is 5.91 Å². The van der Waals surface area contributed by atoms with Gasteiger partial charge in [-0.3, -0.25) is 9.59 Å². The van der Waals surface area contributed by atoms with E-state index in [2.05, 4.69) is 12.2 Å². The van der Waals surface area contributed by atoms with Gasteiger partial charge in [-0.15, -0.1) is 0 Å². The Balaban J connectivity index is 1.58. The van der Waals surface area contributed by atoms with E-state index >= 15 is 0 Å². The van der Waals surface area contributed by atoms with Gasteiger partial charge in [-0.2, -0.15) is 0 Å². The number of nitrogens with one attached hydrogen (secondary N) is 1. The Hall–Kier alpha value is -3.02. The van der Waals surface area contributed by atoms with E-state index < -0.39 is 0 Å². The lowest BCUT2D eigenvalue weighted by atomic mass is 9.95. The Morgan fingerprint density at radius 1 is 1.00 bits per heavy atom. The van der Waals surface area contributed by atoms with Crippen LogP contribution in [0.1, 0.15) is 35.7 Å². The molecule has 6 nitrogen and oxygen atoms in total. The van der Waals surface area contributed by atoms with Crippen molar-refractivity contribution in [3.63, 3.8) is 0 Å². The molecule has 29 heavy (non-hydrogen) atoms. The number of hydrogen-bond donors (Lipinski definition) is 1. The minimum atomic E-state index is -0.0928. The van der Waals surface area contributed by atoms with Crippen LogP contribution < -0.4 is 14.8 Å². The third-order valence-corrected chi connectivity index (χ3v) is 5.38. The van der Waals surface area contributed by atoms with Crippen LogP contribution in [-0.4, -0.2) is 44.0 Å². The van der Waals surface area contributed by atoms with Crippen molar-refractivity contribution < 1.29 is 19.1 Å². The fourth-order valence-corrected chi connectivity index (χ4v) is 3.53. The first kappa shape index (κ1) is 20.7. The summed E-state index contributed by atoms with van der Waals surface area (Å²) in [5, 5.41) is 2.99. The largest absolute Gasteiger partial charge is 0.497 e. The summed E-state index contributed by atoms with van der Waals surface area (Å²) in [6.07, 6.45) is 2.26. The molecule has 0 saturated carbocycles. The zero-order valence-corrected chi connectivity index (χ0v) is 17.2. The first-order valence-electron chi connectivity index (χ1n) is 9.96. The van der Waals surface area contributed by atoms with Crippen molar-refractivity contribution >= 4 is 17.5 Å². The van der Waals surface area contributed by atoms with Crippen LogP contribution in [0, 0.1) is 5.92 Å². The van der Waals surface area contributed by atoms with E-state index in [0.29, 0.717) is 43.0 Å². The Morgan fingerprint density at radius 2 is 1.59 bits per heavy atom. The van der Waals surface area contributed by atoms with Gasteiger partial charge in [-0.25, -0.2) is 0 Å². The lowest BCUT2D eigenvalue weighted by molar-refractivity contribution is -0.121. The summed E-state index contributed by atoms with van der Waals surface area (Å²) in [5.41, 5.74) is 2.58. The second-order valence-electron chi connectivity index (χ2n) is 7.21. The molecule has 0 aliphatic carbocycles. The molecule has 0 atom stereocenters. The molecule has 1 N–H and O–H groups in total. The fourth-order valence-electron chi connectivity index (χ4n) is 3.53. The van der Waals surface area contributed by atoms with Crippen LogP contribution in [-0.2, 0) is 11.2 Å². The standard InChI is InChI=1S/C23H28N2O4/c1-4-16-5-7-19(8-6-16)24-22(26)17-9-11-25(12-10-17)23(27)18-13-20(28-2)15-21(14-18)29-3/h5-8,13-15,17H,4,9-12H2,1-3H3,(H,24,26). The summed E-state index contributed by atoms with van der Waals surface area (Å²) in [6.45, 7) is 3.20. The van der Waals surface area contributed by atoms with Crippen LogP contribution in [0.15, 0.2) is 42.5 Å². The van der Waals surface area contributed by atoms with Crippen molar-refractivity contribution in [3.05, 3.63) is 53.6 Å². The summed E-state index contributed by atoms with van der Waals surface area (Å²) >= 11 is 0. The maximum atomic E-state index is 12.9. The number of carbonyl (C=O) groups is 2. The molecule has 0 radical (unpaired) electrons. The highest BCUT2D eigenvalue weighted by Crippen LogP contribution is 2.26. The van der Waals surface area contributed by atoms with E-state index in [9.17, 15) is 9.59 Å². The number of likely N-dealkylation sites (tertiary alicyclic amines) is 1. The molecule has 1 fully saturated rings. The molecule has 0 aromatic heterocycles. The number of benzene rings is 2. The lowest BCUT2D eigenvalue weighted by Crippen LogP contribution is -2.41. The predicted molar refractivity (Wildman–Crippen MR) is 113 cm³/mol. The van der Waals surface area contributed by atoms with Crippen LogP contribution in [0.3, 0.4) is 0 Å². The van der Waals surface area contributed by atoms with Gasteiger partial charge in [-0.05, 0) is 49.1 Å². The minimum absolute atomic E-state index is 0.0180. The molecule has 2 aromatic rings. The molecule has 0 spiro atoms. The number of anilines is 1. The number of aryl methyl sites for hydroxylation is 1. The van der Waals surface area contributed by atoms with Crippen LogP contribution in [0.4, 0.5) is 5.69 Å². The highest BCUT2D eigenvalue weighted by Gasteiger charge is 2.28.